The fourth-order valence-corrected chi connectivity index (χ4v) is 2.23. The van der Waals surface area contributed by atoms with Crippen molar-refractivity contribution in [1.29, 1.82) is 0 Å². The highest BCUT2D eigenvalue weighted by molar-refractivity contribution is 5.90. The molecule has 0 atom stereocenters. The van der Waals surface area contributed by atoms with Crippen LogP contribution in [0.1, 0.15) is 19.8 Å². The van der Waals surface area contributed by atoms with Gasteiger partial charge in [-0.3, -0.25) is 4.98 Å². The van der Waals surface area contributed by atoms with Crippen molar-refractivity contribution in [2.24, 2.45) is 0 Å². The van der Waals surface area contributed by atoms with Gasteiger partial charge in [0.1, 0.15) is 5.82 Å². The van der Waals surface area contributed by atoms with Crippen molar-refractivity contribution in [3.05, 3.63) is 48.8 Å². The molecule has 0 spiro atoms. The quantitative estimate of drug-likeness (QED) is 0.719. The zero-order valence-electron chi connectivity index (χ0n) is 12.1. The largest absolute Gasteiger partial charge is 0.369 e. The third-order valence-corrected chi connectivity index (χ3v) is 3.36. The number of anilines is 1. The molecule has 4 heteroatoms. The van der Waals surface area contributed by atoms with Gasteiger partial charge in [0.05, 0.1) is 5.52 Å². The highest BCUT2D eigenvalue weighted by Gasteiger charge is 2.08. The lowest BCUT2D eigenvalue weighted by Crippen LogP contribution is -2.05. The van der Waals surface area contributed by atoms with Crippen LogP contribution in [0, 0.1) is 0 Å². The lowest BCUT2D eigenvalue weighted by atomic mass is 10.2. The summed E-state index contributed by atoms with van der Waals surface area (Å²) < 4.78 is 0. The Bertz CT molecular complexity index is 725. The molecule has 0 aliphatic heterocycles. The van der Waals surface area contributed by atoms with Gasteiger partial charge in [-0.25, -0.2) is 9.97 Å². The van der Waals surface area contributed by atoms with Gasteiger partial charge in [0, 0.05) is 29.9 Å². The van der Waals surface area contributed by atoms with E-state index < -0.39 is 0 Å². The maximum Gasteiger partial charge on any atom is 0.162 e. The van der Waals surface area contributed by atoms with Crippen molar-refractivity contribution >= 4 is 16.7 Å². The van der Waals surface area contributed by atoms with Gasteiger partial charge < -0.3 is 5.32 Å². The Kier molecular flexibility index (Phi) is 4.05. The molecule has 0 aliphatic carbocycles. The van der Waals surface area contributed by atoms with Crippen LogP contribution in [0.5, 0.6) is 0 Å². The zero-order chi connectivity index (χ0) is 14.5. The first-order valence-electron chi connectivity index (χ1n) is 7.29. The van der Waals surface area contributed by atoms with Crippen LogP contribution >= 0.6 is 0 Å². The molecule has 0 bridgehead atoms. The molecule has 2 heterocycles. The molecule has 2 aromatic heterocycles. The number of hydrogen-bond acceptors (Lipinski definition) is 4. The second-order valence-electron chi connectivity index (χ2n) is 4.93. The number of rotatable bonds is 5. The molecule has 0 fully saturated rings. The van der Waals surface area contributed by atoms with Crippen LogP contribution < -0.4 is 5.32 Å². The highest BCUT2D eigenvalue weighted by atomic mass is 15.0. The first-order valence-corrected chi connectivity index (χ1v) is 7.29. The van der Waals surface area contributed by atoms with E-state index in [1.54, 1.807) is 12.4 Å². The number of para-hydroxylation sites is 1. The second kappa shape index (κ2) is 6.31. The summed E-state index contributed by atoms with van der Waals surface area (Å²) in [5.74, 6) is 1.64. The molecule has 106 valence electrons. The van der Waals surface area contributed by atoms with Crippen LogP contribution in [0.15, 0.2) is 48.8 Å². The van der Waals surface area contributed by atoms with E-state index in [9.17, 15) is 0 Å². The van der Waals surface area contributed by atoms with E-state index in [4.69, 9.17) is 4.98 Å². The number of aromatic nitrogens is 3. The number of nitrogens with zero attached hydrogens (tertiary/aromatic N) is 3. The summed E-state index contributed by atoms with van der Waals surface area (Å²) in [6.07, 6.45) is 5.81. The van der Waals surface area contributed by atoms with Crippen LogP contribution in [-0.4, -0.2) is 21.5 Å². The maximum atomic E-state index is 4.69. The van der Waals surface area contributed by atoms with E-state index in [-0.39, 0.29) is 0 Å². The first-order chi connectivity index (χ1) is 10.4. The second-order valence-corrected chi connectivity index (χ2v) is 4.93. The predicted molar refractivity (Wildman–Crippen MR) is 86.2 cm³/mol. The summed E-state index contributed by atoms with van der Waals surface area (Å²) in [4.78, 5) is 13.4. The Morgan fingerprint density at radius 1 is 1.00 bits per heavy atom. The van der Waals surface area contributed by atoms with Crippen molar-refractivity contribution in [1.82, 2.24) is 15.0 Å². The predicted octanol–water partition coefficient (Wildman–Crippen LogP) is 3.90. The van der Waals surface area contributed by atoms with Crippen LogP contribution in [-0.2, 0) is 0 Å². The van der Waals surface area contributed by atoms with Crippen molar-refractivity contribution in [2.45, 2.75) is 19.8 Å². The molecule has 3 rings (SSSR count). The summed E-state index contributed by atoms with van der Waals surface area (Å²) in [6, 6.07) is 12.0. The van der Waals surface area contributed by atoms with Gasteiger partial charge in [-0.15, -0.1) is 0 Å². The number of benzene rings is 1. The minimum atomic E-state index is 0.732. The van der Waals surface area contributed by atoms with Crippen LogP contribution in [0.25, 0.3) is 22.3 Å². The van der Waals surface area contributed by atoms with Gasteiger partial charge in [-0.1, -0.05) is 25.5 Å². The Labute approximate surface area is 124 Å². The standard InChI is InChI=1S/C17H18N4/c1-2-3-10-19-17-14-6-4-5-7-15(14)20-16(21-17)13-8-11-18-12-9-13/h4-9,11-12H,2-3,10H2,1H3,(H,19,20,21). The van der Waals surface area contributed by atoms with Gasteiger partial charge >= 0.3 is 0 Å². The summed E-state index contributed by atoms with van der Waals surface area (Å²) in [5, 5.41) is 4.49. The molecule has 0 saturated carbocycles. The average molecular weight is 278 g/mol. The monoisotopic (exact) mass is 278 g/mol. The minimum absolute atomic E-state index is 0.732. The molecule has 1 aromatic carbocycles. The van der Waals surface area contributed by atoms with E-state index in [0.717, 1.165) is 47.5 Å². The van der Waals surface area contributed by atoms with E-state index >= 15 is 0 Å². The lowest BCUT2D eigenvalue weighted by molar-refractivity contribution is 0.832. The van der Waals surface area contributed by atoms with Gasteiger partial charge in [0.25, 0.3) is 0 Å². The summed E-state index contributed by atoms with van der Waals surface area (Å²) in [7, 11) is 0. The lowest BCUT2D eigenvalue weighted by Gasteiger charge is -2.10. The van der Waals surface area contributed by atoms with Crippen molar-refractivity contribution in [2.75, 3.05) is 11.9 Å². The number of fused-ring (bicyclic) bond motifs is 1. The third-order valence-electron chi connectivity index (χ3n) is 3.36. The van der Waals surface area contributed by atoms with E-state index in [0.29, 0.717) is 0 Å². The molecule has 3 aromatic rings. The minimum Gasteiger partial charge on any atom is -0.369 e. The first kappa shape index (κ1) is 13.5. The van der Waals surface area contributed by atoms with Crippen LogP contribution in [0.3, 0.4) is 0 Å². The normalized spacial score (nSPS) is 10.7. The Morgan fingerprint density at radius 3 is 2.62 bits per heavy atom. The molecule has 21 heavy (non-hydrogen) atoms. The Hall–Kier alpha value is -2.49. The van der Waals surface area contributed by atoms with E-state index in [2.05, 4.69) is 28.3 Å². The molecular formula is C17H18N4. The molecular weight excluding hydrogens is 260 g/mol. The van der Waals surface area contributed by atoms with Crippen molar-refractivity contribution in [3.63, 3.8) is 0 Å². The van der Waals surface area contributed by atoms with Crippen LogP contribution in [0.2, 0.25) is 0 Å². The Morgan fingerprint density at radius 2 is 1.81 bits per heavy atom. The molecule has 0 amide bonds. The maximum absolute atomic E-state index is 4.69. The van der Waals surface area contributed by atoms with Gasteiger partial charge in [0.2, 0.25) is 0 Å². The molecule has 0 aliphatic rings. The van der Waals surface area contributed by atoms with Crippen molar-refractivity contribution in [3.8, 4) is 11.4 Å². The highest BCUT2D eigenvalue weighted by Crippen LogP contribution is 2.24. The molecule has 0 radical (unpaired) electrons. The molecule has 1 N–H and O–H groups in total. The fraction of sp³-hybridized carbons (Fsp3) is 0.235. The van der Waals surface area contributed by atoms with E-state index in [1.807, 2.05) is 30.3 Å². The SMILES string of the molecule is CCCCNc1nc(-c2ccncc2)nc2ccccc12. The number of pyridine rings is 1. The van der Waals surface area contributed by atoms with Gasteiger partial charge in [-0.05, 0) is 30.7 Å². The smallest absolute Gasteiger partial charge is 0.162 e. The Balaban J connectivity index is 2.06. The third kappa shape index (κ3) is 2.99. The molecule has 0 unspecified atom stereocenters. The van der Waals surface area contributed by atoms with Crippen LogP contribution in [0.4, 0.5) is 5.82 Å². The number of unbranched alkanes of at least 4 members (excludes halogenated alkanes) is 1. The zero-order valence-corrected chi connectivity index (χ0v) is 12.1. The molecule has 4 nitrogen and oxygen atoms in total. The topological polar surface area (TPSA) is 50.7 Å². The van der Waals surface area contributed by atoms with Gasteiger partial charge in [-0.2, -0.15) is 0 Å². The van der Waals surface area contributed by atoms with Gasteiger partial charge in [0.15, 0.2) is 5.82 Å². The number of hydrogen-bond donors (Lipinski definition) is 1. The molecule has 0 saturated heterocycles. The fourth-order valence-electron chi connectivity index (χ4n) is 2.23. The summed E-state index contributed by atoms with van der Waals surface area (Å²) >= 11 is 0. The summed E-state index contributed by atoms with van der Waals surface area (Å²) in [5.41, 5.74) is 1.94. The van der Waals surface area contributed by atoms with E-state index in [1.165, 1.54) is 0 Å². The summed E-state index contributed by atoms with van der Waals surface area (Å²) in [6.45, 7) is 3.11. The number of nitrogens with one attached hydrogen (secondary N) is 1. The average Bonchev–Trinajstić information content (AvgIpc) is 2.55. The van der Waals surface area contributed by atoms with Crippen molar-refractivity contribution < 1.29 is 0 Å².